The molecule has 3 heteroatoms. The summed E-state index contributed by atoms with van der Waals surface area (Å²) in [6, 6.07) is 9.10. The van der Waals surface area contributed by atoms with Gasteiger partial charge in [-0.15, -0.1) is 5.56 Å². The molecule has 0 unspecified atom stereocenters. The van der Waals surface area contributed by atoms with Crippen LogP contribution in [0.15, 0.2) is 18.2 Å². The standard InChI is InChI=1S/C12H16NO.Y.H2/c1-9(2)11-6-4-10(5-7-11)8-12(14)13-3;;/h4-6,9H,8H2,1-3H3,(H,13,14);;1H/q-1;;. The van der Waals surface area contributed by atoms with Crippen molar-refractivity contribution in [1.82, 2.24) is 5.32 Å². The fourth-order valence-electron chi connectivity index (χ4n) is 1.21. The van der Waals surface area contributed by atoms with Crippen LogP contribution in [0.5, 0.6) is 0 Å². The summed E-state index contributed by atoms with van der Waals surface area (Å²) in [5.41, 5.74) is 2.19. The molecule has 1 rings (SSSR count). The van der Waals surface area contributed by atoms with Gasteiger partial charge in [0.25, 0.3) is 0 Å². The van der Waals surface area contributed by atoms with Gasteiger partial charge in [-0.25, -0.2) is 0 Å². The van der Waals surface area contributed by atoms with Crippen molar-refractivity contribution in [1.29, 1.82) is 0 Å². The summed E-state index contributed by atoms with van der Waals surface area (Å²) in [6.07, 6.45) is 0.436. The zero-order valence-electron chi connectivity index (χ0n) is 9.50. The maximum Gasteiger partial charge on any atom is 0.212 e. The molecular formula is C12H18NOY-. The van der Waals surface area contributed by atoms with E-state index in [4.69, 9.17) is 0 Å². The average Bonchev–Trinajstić information content (AvgIpc) is 2.18. The van der Waals surface area contributed by atoms with Crippen LogP contribution in [-0.2, 0) is 43.9 Å². The molecule has 15 heavy (non-hydrogen) atoms. The van der Waals surface area contributed by atoms with Gasteiger partial charge in [-0.3, -0.25) is 4.79 Å². The number of amides is 1. The Morgan fingerprint density at radius 3 is 2.60 bits per heavy atom. The van der Waals surface area contributed by atoms with Crippen LogP contribution in [0.3, 0.4) is 0 Å². The van der Waals surface area contributed by atoms with Crippen molar-refractivity contribution >= 4 is 5.91 Å². The van der Waals surface area contributed by atoms with Crippen LogP contribution in [0.4, 0.5) is 0 Å². The van der Waals surface area contributed by atoms with Crippen molar-refractivity contribution in [2.75, 3.05) is 7.05 Å². The van der Waals surface area contributed by atoms with Gasteiger partial charge < -0.3 is 5.32 Å². The van der Waals surface area contributed by atoms with E-state index in [2.05, 4.69) is 25.2 Å². The molecule has 0 aliphatic carbocycles. The van der Waals surface area contributed by atoms with Crippen LogP contribution in [0.2, 0.25) is 0 Å². The van der Waals surface area contributed by atoms with E-state index in [1.807, 2.05) is 18.2 Å². The van der Waals surface area contributed by atoms with E-state index in [9.17, 15) is 4.79 Å². The normalized spacial score (nSPS) is 9.60. The predicted molar refractivity (Wildman–Crippen MR) is 59.3 cm³/mol. The zero-order valence-corrected chi connectivity index (χ0v) is 12.3. The quantitative estimate of drug-likeness (QED) is 0.845. The molecule has 0 bridgehead atoms. The molecule has 0 aliphatic rings. The van der Waals surface area contributed by atoms with Gasteiger partial charge in [0.05, 0.1) is 0 Å². The molecular weight excluding hydrogens is 263 g/mol. The number of likely N-dealkylation sites (N-methyl/N-ethyl adjacent to an activating group) is 1. The number of carbonyl (C=O) groups excluding carboxylic acids is 1. The van der Waals surface area contributed by atoms with Crippen molar-refractivity contribution in [3.63, 3.8) is 0 Å². The Morgan fingerprint density at radius 2 is 2.20 bits per heavy atom. The average molecular weight is 281 g/mol. The first-order valence-electron chi connectivity index (χ1n) is 4.84. The van der Waals surface area contributed by atoms with Crippen molar-refractivity contribution in [3.05, 3.63) is 35.4 Å². The molecule has 0 spiro atoms. The first-order valence-corrected chi connectivity index (χ1v) is 4.84. The van der Waals surface area contributed by atoms with Gasteiger partial charge in [0.2, 0.25) is 5.91 Å². The van der Waals surface area contributed by atoms with E-state index < -0.39 is 0 Å². The maximum atomic E-state index is 11.1. The first-order chi connectivity index (χ1) is 6.63. The molecule has 2 nitrogen and oxygen atoms in total. The van der Waals surface area contributed by atoms with Gasteiger partial charge in [-0.1, -0.05) is 13.8 Å². The van der Waals surface area contributed by atoms with Gasteiger partial charge in [0.15, 0.2) is 0 Å². The topological polar surface area (TPSA) is 29.1 Å². The third-order valence-corrected chi connectivity index (χ3v) is 2.17. The smallest absolute Gasteiger partial charge is 0.212 e. The van der Waals surface area contributed by atoms with Crippen LogP contribution in [0.25, 0.3) is 0 Å². The molecule has 1 amide bonds. The summed E-state index contributed by atoms with van der Waals surface area (Å²) in [5, 5.41) is 2.60. The largest absolute Gasteiger partial charge is 0.360 e. The van der Waals surface area contributed by atoms with Gasteiger partial charge in [0, 0.05) is 47.6 Å². The maximum absolute atomic E-state index is 11.1. The third-order valence-electron chi connectivity index (χ3n) is 2.17. The van der Waals surface area contributed by atoms with Gasteiger partial charge in [-0.2, -0.15) is 29.8 Å². The van der Waals surface area contributed by atoms with E-state index in [0.29, 0.717) is 12.3 Å². The second-order valence-corrected chi connectivity index (χ2v) is 3.66. The van der Waals surface area contributed by atoms with Crippen LogP contribution in [-0.4, -0.2) is 13.0 Å². The predicted octanol–water partition coefficient (Wildman–Crippen LogP) is 2.14. The third kappa shape index (κ3) is 4.90. The minimum Gasteiger partial charge on any atom is -0.360 e. The van der Waals surface area contributed by atoms with Crippen LogP contribution in [0, 0.1) is 6.07 Å². The summed E-state index contributed by atoms with van der Waals surface area (Å²) < 4.78 is 0. The molecule has 1 aromatic carbocycles. The van der Waals surface area contributed by atoms with E-state index in [0.717, 1.165) is 5.56 Å². The van der Waals surface area contributed by atoms with Crippen LogP contribution in [0.1, 0.15) is 32.3 Å². The minimum atomic E-state index is 0. The van der Waals surface area contributed by atoms with E-state index in [1.54, 1.807) is 7.05 Å². The number of hydrogen-bond acceptors (Lipinski definition) is 1. The summed E-state index contributed by atoms with van der Waals surface area (Å²) in [4.78, 5) is 11.1. The molecule has 0 heterocycles. The number of benzene rings is 1. The van der Waals surface area contributed by atoms with Crippen molar-refractivity contribution < 1.29 is 38.9 Å². The van der Waals surface area contributed by atoms with Crippen molar-refractivity contribution in [3.8, 4) is 0 Å². The van der Waals surface area contributed by atoms with Gasteiger partial charge in [0.1, 0.15) is 0 Å². The number of hydrogen-bond donors (Lipinski definition) is 1. The summed E-state index contributed by atoms with van der Waals surface area (Å²) >= 11 is 0. The Labute approximate surface area is 118 Å². The SMILES string of the molecule is CNC(=O)Cc1c[c-]c(C(C)C)cc1.[HH].[Y]. The summed E-state index contributed by atoms with van der Waals surface area (Å²) in [7, 11) is 1.65. The van der Waals surface area contributed by atoms with E-state index in [1.165, 1.54) is 5.56 Å². The Hall–Kier alpha value is -0.206. The number of carbonyl (C=O) groups is 1. The monoisotopic (exact) mass is 281 g/mol. The molecule has 0 saturated carbocycles. The Morgan fingerprint density at radius 1 is 1.53 bits per heavy atom. The molecule has 0 saturated heterocycles. The van der Waals surface area contributed by atoms with E-state index in [-0.39, 0.29) is 40.0 Å². The second-order valence-electron chi connectivity index (χ2n) is 3.66. The number of rotatable bonds is 3. The molecule has 1 N–H and O–H groups in total. The van der Waals surface area contributed by atoms with E-state index >= 15 is 0 Å². The Balaban J connectivity index is 0. The Kier molecular flexibility index (Phi) is 7.03. The number of nitrogens with one attached hydrogen (secondary N) is 1. The molecule has 0 atom stereocenters. The van der Waals surface area contributed by atoms with Crippen LogP contribution < -0.4 is 5.32 Å². The van der Waals surface area contributed by atoms with Gasteiger partial charge >= 0.3 is 0 Å². The van der Waals surface area contributed by atoms with Crippen molar-refractivity contribution in [2.24, 2.45) is 0 Å². The van der Waals surface area contributed by atoms with Crippen molar-refractivity contribution in [2.45, 2.75) is 26.2 Å². The first kappa shape index (κ1) is 14.8. The molecule has 81 valence electrons. The zero-order chi connectivity index (χ0) is 10.6. The van der Waals surface area contributed by atoms with Crippen LogP contribution >= 0.6 is 0 Å². The molecule has 0 aliphatic heterocycles. The Bertz CT molecular complexity index is 311. The molecule has 0 aromatic heterocycles. The molecule has 1 radical (unpaired) electrons. The summed E-state index contributed by atoms with van der Waals surface area (Å²) in [6.45, 7) is 4.26. The fraction of sp³-hybridized carbons (Fsp3) is 0.417. The molecule has 1 aromatic rings. The fourth-order valence-corrected chi connectivity index (χ4v) is 1.21. The van der Waals surface area contributed by atoms with Gasteiger partial charge in [-0.05, 0) is 5.92 Å². The molecule has 0 fully saturated rings. The second kappa shape index (κ2) is 7.13. The minimum absolute atomic E-state index is 0. The summed E-state index contributed by atoms with van der Waals surface area (Å²) in [5.74, 6) is 0.528.